The molecule has 5 nitrogen and oxygen atoms in total. The van der Waals surface area contributed by atoms with Gasteiger partial charge in [0.2, 0.25) is 0 Å². The minimum atomic E-state index is -4.62. The topological polar surface area (TPSA) is 64.2 Å². The van der Waals surface area contributed by atoms with E-state index >= 15 is 0 Å². The fourth-order valence-electron chi connectivity index (χ4n) is 4.04. The maximum Gasteiger partial charge on any atom is 0.419 e. The first-order valence-electron chi connectivity index (χ1n) is 9.67. The number of alkyl halides is 3. The Balaban J connectivity index is 1.77. The molecule has 0 spiro atoms. The third kappa shape index (κ3) is 3.25. The van der Waals surface area contributed by atoms with E-state index in [1.165, 1.54) is 0 Å². The number of rotatable bonds is 2. The molecule has 0 saturated carbocycles. The van der Waals surface area contributed by atoms with E-state index in [-0.39, 0.29) is 16.2 Å². The number of fused-ring (bicyclic) bond motifs is 2. The van der Waals surface area contributed by atoms with Crippen molar-refractivity contribution >= 4 is 38.9 Å². The summed E-state index contributed by atoms with van der Waals surface area (Å²) in [7, 11) is 0. The van der Waals surface area contributed by atoms with Crippen LogP contribution >= 0.6 is 11.3 Å². The van der Waals surface area contributed by atoms with E-state index in [1.807, 2.05) is 36.4 Å². The van der Waals surface area contributed by atoms with Gasteiger partial charge < -0.3 is 10.6 Å². The molecule has 1 aliphatic heterocycles. The summed E-state index contributed by atoms with van der Waals surface area (Å²) in [5, 5.41) is 0.974. The van der Waals surface area contributed by atoms with Crippen molar-refractivity contribution in [3.05, 3.63) is 75.4 Å². The lowest BCUT2D eigenvalue weighted by Crippen LogP contribution is -2.27. The molecule has 0 unspecified atom stereocenters. The van der Waals surface area contributed by atoms with Gasteiger partial charge >= 0.3 is 6.18 Å². The van der Waals surface area contributed by atoms with E-state index < -0.39 is 17.3 Å². The van der Waals surface area contributed by atoms with Crippen LogP contribution in [0, 0.1) is 0 Å². The van der Waals surface area contributed by atoms with Gasteiger partial charge in [-0.05, 0) is 42.7 Å². The Labute approximate surface area is 179 Å². The van der Waals surface area contributed by atoms with E-state index in [4.69, 9.17) is 5.73 Å². The molecule has 1 aliphatic rings. The zero-order valence-electron chi connectivity index (χ0n) is 16.2. The van der Waals surface area contributed by atoms with Crippen LogP contribution in [-0.2, 0) is 12.6 Å². The number of aromatic nitrogens is 2. The highest BCUT2D eigenvalue weighted by molar-refractivity contribution is 7.16. The van der Waals surface area contributed by atoms with Crippen molar-refractivity contribution in [2.75, 3.05) is 17.2 Å². The van der Waals surface area contributed by atoms with Crippen molar-refractivity contribution in [2.45, 2.75) is 19.0 Å². The molecule has 4 aromatic rings. The van der Waals surface area contributed by atoms with Crippen molar-refractivity contribution < 1.29 is 13.2 Å². The third-order valence-electron chi connectivity index (χ3n) is 5.43. The van der Waals surface area contributed by atoms with Crippen LogP contribution in [0.2, 0.25) is 0 Å². The van der Waals surface area contributed by atoms with E-state index in [9.17, 15) is 18.0 Å². The van der Waals surface area contributed by atoms with Crippen LogP contribution in [0.4, 0.5) is 30.4 Å². The largest absolute Gasteiger partial charge is 0.419 e. The molecule has 2 N–H and O–H groups in total. The summed E-state index contributed by atoms with van der Waals surface area (Å²) in [6, 6.07) is 15.1. The standard InChI is InChI=1S/C22H17F3N4OS/c23-22(24,25)16-12-31-20-18(16)29(21(30)19(26)27-20)15-9-8-13-5-4-10-28(17(13)11-15)14-6-2-1-3-7-14/h1-3,6-9,11-12H,4-5,10H2,(H2,26,27). The molecule has 0 radical (unpaired) electrons. The fraction of sp³-hybridized carbons (Fsp3) is 0.182. The van der Waals surface area contributed by atoms with Crippen LogP contribution in [0.3, 0.4) is 0 Å². The molecule has 2 aromatic carbocycles. The lowest BCUT2D eigenvalue weighted by molar-refractivity contribution is -0.136. The molecule has 0 fully saturated rings. The normalized spacial score (nSPS) is 14.1. The number of hydrogen-bond acceptors (Lipinski definition) is 5. The Morgan fingerprint density at radius 3 is 2.58 bits per heavy atom. The molecule has 0 atom stereocenters. The van der Waals surface area contributed by atoms with Gasteiger partial charge in [0, 0.05) is 23.3 Å². The number of nitrogens with zero attached hydrogens (tertiary/aromatic N) is 3. The monoisotopic (exact) mass is 442 g/mol. The number of nitrogen functional groups attached to an aromatic ring is 1. The summed E-state index contributed by atoms with van der Waals surface area (Å²) in [6.45, 7) is 0.773. The van der Waals surface area contributed by atoms with Crippen molar-refractivity contribution in [3.8, 4) is 5.69 Å². The van der Waals surface area contributed by atoms with Gasteiger partial charge in [0.25, 0.3) is 5.56 Å². The Morgan fingerprint density at radius 1 is 1.06 bits per heavy atom. The molecule has 9 heteroatoms. The average molecular weight is 442 g/mol. The number of halogens is 3. The second-order valence-corrected chi connectivity index (χ2v) is 8.20. The maximum absolute atomic E-state index is 13.7. The van der Waals surface area contributed by atoms with E-state index in [2.05, 4.69) is 9.88 Å². The van der Waals surface area contributed by atoms with E-state index in [1.54, 1.807) is 12.1 Å². The molecule has 158 valence electrons. The van der Waals surface area contributed by atoms with Crippen LogP contribution < -0.4 is 16.2 Å². The van der Waals surface area contributed by atoms with Gasteiger partial charge in [-0.15, -0.1) is 11.3 Å². The van der Waals surface area contributed by atoms with Crippen molar-refractivity contribution in [3.63, 3.8) is 0 Å². The highest BCUT2D eigenvalue weighted by atomic mass is 32.1. The molecule has 0 saturated heterocycles. The van der Waals surface area contributed by atoms with Gasteiger partial charge in [0.1, 0.15) is 4.83 Å². The number of nitrogens with two attached hydrogens (primary N) is 1. The lowest BCUT2D eigenvalue weighted by Gasteiger charge is -2.32. The maximum atomic E-state index is 13.7. The highest BCUT2D eigenvalue weighted by Gasteiger charge is 2.36. The molecular weight excluding hydrogens is 425 g/mol. The van der Waals surface area contributed by atoms with Crippen molar-refractivity contribution in [2.24, 2.45) is 0 Å². The first-order valence-corrected chi connectivity index (χ1v) is 10.6. The smallest absolute Gasteiger partial charge is 0.379 e. The molecule has 0 aliphatic carbocycles. The van der Waals surface area contributed by atoms with Gasteiger partial charge in [0.15, 0.2) is 5.82 Å². The summed E-state index contributed by atoms with van der Waals surface area (Å²) in [6.07, 6.45) is -2.81. The minimum absolute atomic E-state index is 0.0714. The number of anilines is 3. The third-order valence-corrected chi connectivity index (χ3v) is 6.29. The van der Waals surface area contributed by atoms with E-state index in [0.717, 1.165) is 57.6 Å². The van der Waals surface area contributed by atoms with Crippen LogP contribution in [0.25, 0.3) is 16.0 Å². The molecule has 0 amide bonds. The Kier molecular flexibility index (Phi) is 4.51. The van der Waals surface area contributed by atoms with Crippen LogP contribution in [0.5, 0.6) is 0 Å². The zero-order valence-corrected chi connectivity index (χ0v) is 17.0. The average Bonchev–Trinajstić information content (AvgIpc) is 3.18. The first kappa shape index (κ1) is 19.6. The van der Waals surface area contributed by atoms with Crippen LogP contribution in [0.15, 0.2) is 58.7 Å². The van der Waals surface area contributed by atoms with Gasteiger partial charge in [0.05, 0.1) is 16.8 Å². The number of benzene rings is 2. The second kappa shape index (κ2) is 7.12. The first-order chi connectivity index (χ1) is 14.8. The summed E-state index contributed by atoms with van der Waals surface area (Å²) in [5.41, 5.74) is 7.10. The van der Waals surface area contributed by atoms with Gasteiger partial charge in [-0.25, -0.2) is 4.98 Å². The Bertz CT molecular complexity index is 1340. The summed E-state index contributed by atoms with van der Waals surface area (Å²) >= 11 is 0.817. The van der Waals surface area contributed by atoms with Gasteiger partial charge in [-0.1, -0.05) is 24.3 Å². The molecule has 2 aromatic heterocycles. The SMILES string of the molecule is Nc1nc2scc(C(F)(F)F)c2n(-c2ccc3c(c2)N(c2ccccc2)CCC3)c1=O. The van der Waals surface area contributed by atoms with Crippen LogP contribution in [0.1, 0.15) is 17.5 Å². The van der Waals surface area contributed by atoms with Gasteiger partial charge in [-0.2, -0.15) is 13.2 Å². The van der Waals surface area contributed by atoms with Crippen molar-refractivity contribution in [1.82, 2.24) is 9.55 Å². The summed E-state index contributed by atoms with van der Waals surface area (Å²) < 4.78 is 42.0. The molecule has 0 bridgehead atoms. The van der Waals surface area contributed by atoms with Gasteiger partial charge in [-0.3, -0.25) is 9.36 Å². The Morgan fingerprint density at radius 2 is 1.84 bits per heavy atom. The lowest BCUT2D eigenvalue weighted by atomic mass is 10.00. The number of aryl methyl sites for hydroxylation is 1. The summed E-state index contributed by atoms with van der Waals surface area (Å²) in [5.74, 6) is -0.333. The van der Waals surface area contributed by atoms with Crippen molar-refractivity contribution in [1.29, 1.82) is 0 Å². The van der Waals surface area contributed by atoms with Crippen LogP contribution in [-0.4, -0.2) is 16.1 Å². The fourth-order valence-corrected chi connectivity index (χ4v) is 4.97. The number of para-hydroxylation sites is 1. The van der Waals surface area contributed by atoms with E-state index in [0.29, 0.717) is 5.69 Å². The second-order valence-electron chi connectivity index (χ2n) is 7.34. The predicted octanol–water partition coefficient (Wildman–Crippen LogP) is 5.13. The number of hydrogen-bond donors (Lipinski definition) is 1. The molecule has 3 heterocycles. The molecular formula is C22H17F3N4OS. The summed E-state index contributed by atoms with van der Waals surface area (Å²) in [4.78, 5) is 19.0. The highest BCUT2D eigenvalue weighted by Crippen LogP contribution is 2.39. The minimum Gasteiger partial charge on any atom is -0.379 e. The Hall–Kier alpha value is -3.33. The number of thiophene rings is 1. The zero-order chi connectivity index (χ0) is 21.8. The molecule has 5 rings (SSSR count). The predicted molar refractivity (Wildman–Crippen MR) is 116 cm³/mol. The molecule has 31 heavy (non-hydrogen) atoms. The quantitative estimate of drug-likeness (QED) is 0.467.